The minimum atomic E-state index is -0.879. The van der Waals surface area contributed by atoms with E-state index in [-0.39, 0.29) is 44.1 Å². The third-order valence-corrected chi connectivity index (χ3v) is 6.98. The number of nitrogens with zero attached hydrogens (tertiary/aromatic N) is 8. The van der Waals surface area contributed by atoms with Crippen LogP contribution in [0.25, 0.3) is 27.9 Å². The van der Waals surface area contributed by atoms with Crippen molar-refractivity contribution in [1.29, 1.82) is 5.26 Å². The van der Waals surface area contributed by atoms with E-state index in [9.17, 15) is 14.9 Å². The quantitative estimate of drug-likeness (QED) is 0.316. The second-order valence-corrected chi connectivity index (χ2v) is 10.2. The lowest BCUT2D eigenvalue weighted by Crippen LogP contribution is -2.44. The molecule has 13 heteroatoms. The van der Waals surface area contributed by atoms with Crippen molar-refractivity contribution in [2.24, 2.45) is 0 Å². The van der Waals surface area contributed by atoms with E-state index in [4.69, 9.17) is 19.8 Å². The van der Waals surface area contributed by atoms with E-state index in [2.05, 4.69) is 21.8 Å². The molecule has 1 aliphatic heterocycles. The molecule has 0 spiro atoms. The summed E-state index contributed by atoms with van der Waals surface area (Å²) in [5, 5.41) is 25.5. The monoisotopic (exact) mass is 564 g/mol. The fourth-order valence-electron chi connectivity index (χ4n) is 4.75. The summed E-state index contributed by atoms with van der Waals surface area (Å²) < 4.78 is 8.85. The Labute approximate surface area is 240 Å². The van der Waals surface area contributed by atoms with Crippen LogP contribution in [0.4, 0.5) is 10.7 Å². The minimum Gasteiger partial charge on any atom is -0.445 e. The normalized spacial score (nSPS) is 15.4. The van der Waals surface area contributed by atoms with E-state index in [1.165, 1.54) is 9.42 Å². The van der Waals surface area contributed by atoms with Gasteiger partial charge in [-0.2, -0.15) is 14.9 Å². The Morgan fingerprint density at radius 2 is 2.02 bits per heavy atom. The number of nitrogens with one attached hydrogen (secondary N) is 2. The number of carbonyl (C=O) groups is 2. The first-order chi connectivity index (χ1) is 20.4. The Kier molecular flexibility index (Phi) is 7.10. The van der Waals surface area contributed by atoms with E-state index in [0.29, 0.717) is 33.5 Å². The number of ether oxygens (including phenoxy) is 1. The summed E-state index contributed by atoms with van der Waals surface area (Å²) in [5.41, 5.74) is 2.80. The summed E-state index contributed by atoms with van der Waals surface area (Å²) in [4.78, 5) is 37.0. The molecule has 2 amide bonds. The van der Waals surface area contributed by atoms with Crippen molar-refractivity contribution in [3.8, 4) is 17.5 Å². The maximum absolute atomic E-state index is 13.1. The van der Waals surface area contributed by atoms with Crippen molar-refractivity contribution in [2.45, 2.75) is 32.5 Å². The first-order valence-corrected chi connectivity index (χ1v) is 13.6. The van der Waals surface area contributed by atoms with Crippen LogP contribution in [0.5, 0.6) is 0 Å². The molecule has 0 radical (unpaired) electrons. The maximum Gasteiger partial charge on any atom is 0.410 e. The maximum atomic E-state index is 13.1. The number of aromatic nitrogens is 6. The molecule has 1 saturated heterocycles. The van der Waals surface area contributed by atoms with E-state index in [1.807, 2.05) is 61.1 Å². The minimum absolute atomic E-state index is 0.0310. The van der Waals surface area contributed by atoms with Crippen LogP contribution in [-0.2, 0) is 16.1 Å². The molecule has 0 saturated carbocycles. The summed E-state index contributed by atoms with van der Waals surface area (Å²) in [7, 11) is 0. The molecule has 0 bridgehead atoms. The van der Waals surface area contributed by atoms with Crippen molar-refractivity contribution in [1.82, 2.24) is 39.6 Å². The fourth-order valence-corrected chi connectivity index (χ4v) is 4.75. The Balaban J connectivity index is 1.34. The van der Waals surface area contributed by atoms with Gasteiger partial charge in [0.25, 0.3) is 0 Å². The topological polar surface area (TPSA) is 155 Å². The number of fused-ring (bicyclic) bond motifs is 3. The van der Waals surface area contributed by atoms with E-state index in [0.717, 1.165) is 5.56 Å². The molecule has 3 aromatic heterocycles. The number of anilines is 1. The summed E-state index contributed by atoms with van der Waals surface area (Å²) >= 11 is 0. The SMILES string of the molecule is CC(C)n1cc(-c2nc3c4cccc(C#N)c4nc(N[C@@H]4CN(C(=O)OCc5ccccc5)CCNC4=O)n3n2)cn1. The summed E-state index contributed by atoms with van der Waals surface area (Å²) in [6, 6.07) is 16.1. The van der Waals surface area contributed by atoms with Crippen molar-refractivity contribution in [3.63, 3.8) is 0 Å². The fraction of sp³-hybridized carbons (Fsp3) is 0.276. The number of nitriles is 1. The highest BCUT2D eigenvalue weighted by atomic mass is 16.6. The van der Waals surface area contributed by atoms with Crippen LogP contribution < -0.4 is 10.6 Å². The average molecular weight is 565 g/mol. The molecule has 42 heavy (non-hydrogen) atoms. The van der Waals surface area contributed by atoms with Crippen LogP contribution in [0, 0.1) is 11.3 Å². The standard InChI is InChI=1S/C29H28N10O3/c1-18(2)38-15-21(14-32-38)25-35-26-22-10-6-9-20(13-30)24(22)34-28(39(26)36-25)33-23-16-37(12-11-31-27(23)40)29(41)42-17-19-7-4-3-5-8-19/h3-10,14-15,18,23H,11-12,16-17H2,1-2H3,(H,31,40)(H,33,34)/t23-/m1/s1. The van der Waals surface area contributed by atoms with Crippen molar-refractivity contribution >= 4 is 34.5 Å². The number of para-hydroxylation sites is 1. The van der Waals surface area contributed by atoms with Gasteiger partial charge in [-0.15, -0.1) is 5.10 Å². The Morgan fingerprint density at radius 3 is 2.79 bits per heavy atom. The molecule has 13 nitrogen and oxygen atoms in total. The first-order valence-electron chi connectivity index (χ1n) is 13.6. The van der Waals surface area contributed by atoms with Crippen LogP contribution in [0.15, 0.2) is 60.9 Å². The number of carbonyl (C=O) groups excluding carboxylic acids is 2. The second-order valence-electron chi connectivity index (χ2n) is 10.2. The van der Waals surface area contributed by atoms with Gasteiger partial charge in [-0.3, -0.25) is 9.48 Å². The summed E-state index contributed by atoms with van der Waals surface area (Å²) in [6.07, 6.45) is 3.02. The summed E-state index contributed by atoms with van der Waals surface area (Å²) in [5.74, 6) is 0.309. The van der Waals surface area contributed by atoms with E-state index >= 15 is 0 Å². The van der Waals surface area contributed by atoms with Crippen molar-refractivity contribution in [2.75, 3.05) is 25.0 Å². The number of hydrogen-bond acceptors (Lipinski definition) is 9. The highest BCUT2D eigenvalue weighted by Gasteiger charge is 2.30. The van der Waals surface area contributed by atoms with E-state index < -0.39 is 12.1 Å². The van der Waals surface area contributed by atoms with Gasteiger partial charge >= 0.3 is 6.09 Å². The Hall–Kier alpha value is -5.51. The summed E-state index contributed by atoms with van der Waals surface area (Å²) in [6.45, 7) is 4.75. The smallest absolute Gasteiger partial charge is 0.410 e. The zero-order chi connectivity index (χ0) is 29.2. The zero-order valence-electron chi connectivity index (χ0n) is 23.1. The molecule has 1 fully saturated rings. The molecule has 2 aromatic carbocycles. The van der Waals surface area contributed by atoms with Gasteiger partial charge in [0, 0.05) is 30.7 Å². The van der Waals surface area contributed by atoms with Crippen molar-refractivity contribution in [3.05, 3.63) is 72.1 Å². The highest BCUT2D eigenvalue weighted by molar-refractivity contribution is 5.96. The van der Waals surface area contributed by atoms with Crippen LogP contribution in [0.3, 0.4) is 0 Å². The molecular formula is C29H28N10O3. The van der Waals surface area contributed by atoms with Gasteiger partial charge in [-0.05, 0) is 31.5 Å². The lowest BCUT2D eigenvalue weighted by atomic mass is 10.1. The van der Waals surface area contributed by atoms with Crippen molar-refractivity contribution < 1.29 is 14.3 Å². The molecular weight excluding hydrogens is 536 g/mol. The van der Waals surface area contributed by atoms with Crippen LogP contribution in [0.2, 0.25) is 0 Å². The van der Waals surface area contributed by atoms with Gasteiger partial charge in [-0.1, -0.05) is 36.4 Å². The second kappa shape index (κ2) is 11.2. The Bertz CT molecular complexity index is 1820. The molecule has 212 valence electrons. The molecule has 1 aliphatic rings. The van der Waals surface area contributed by atoms with Gasteiger partial charge in [0.2, 0.25) is 11.9 Å². The van der Waals surface area contributed by atoms with Gasteiger partial charge in [0.05, 0.1) is 29.4 Å². The average Bonchev–Trinajstić information content (AvgIpc) is 3.64. The molecule has 2 N–H and O–H groups in total. The molecule has 4 heterocycles. The molecule has 0 aliphatic carbocycles. The third-order valence-electron chi connectivity index (χ3n) is 6.98. The number of amides is 2. The lowest BCUT2D eigenvalue weighted by molar-refractivity contribution is -0.121. The molecule has 0 unspecified atom stereocenters. The highest BCUT2D eigenvalue weighted by Crippen LogP contribution is 2.27. The number of benzene rings is 2. The Morgan fingerprint density at radius 1 is 1.19 bits per heavy atom. The van der Waals surface area contributed by atoms with Gasteiger partial charge in [-0.25, -0.2) is 14.8 Å². The largest absolute Gasteiger partial charge is 0.445 e. The molecule has 6 rings (SSSR count). The van der Waals surface area contributed by atoms with Gasteiger partial charge in [0.1, 0.15) is 18.7 Å². The number of hydrogen-bond donors (Lipinski definition) is 2. The first kappa shape index (κ1) is 26.7. The van der Waals surface area contributed by atoms with E-state index in [1.54, 1.807) is 18.3 Å². The van der Waals surface area contributed by atoms with Crippen LogP contribution in [0.1, 0.15) is 31.0 Å². The zero-order valence-corrected chi connectivity index (χ0v) is 23.1. The van der Waals surface area contributed by atoms with Crippen LogP contribution >= 0.6 is 0 Å². The third kappa shape index (κ3) is 5.17. The number of rotatable bonds is 6. The van der Waals surface area contributed by atoms with Gasteiger partial charge in [0.15, 0.2) is 11.5 Å². The van der Waals surface area contributed by atoms with Crippen LogP contribution in [-0.4, -0.2) is 71.9 Å². The van der Waals surface area contributed by atoms with Gasteiger partial charge < -0.3 is 20.3 Å². The predicted octanol–water partition coefficient (Wildman–Crippen LogP) is 3.14. The lowest BCUT2D eigenvalue weighted by Gasteiger charge is -2.23. The predicted molar refractivity (Wildman–Crippen MR) is 153 cm³/mol. The molecule has 1 atom stereocenters. The molecule has 5 aromatic rings.